The van der Waals surface area contributed by atoms with E-state index in [0.717, 1.165) is 43.9 Å². The van der Waals surface area contributed by atoms with Crippen LogP contribution in [-0.2, 0) is 6.54 Å². The van der Waals surface area contributed by atoms with Gasteiger partial charge in [0, 0.05) is 31.4 Å². The fourth-order valence-electron chi connectivity index (χ4n) is 2.01. The van der Waals surface area contributed by atoms with Crippen molar-refractivity contribution in [2.24, 2.45) is 5.84 Å². The fourth-order valence-corrected chi connectivity index (χ4v) is 2.01. The average Bonchev–Trinajstić information content (AvgIpc) is 2.33. The molecule has 0 aliphatic carbocycles. The molecule has 5 nitrogen and oxygen atoms in total. The lowest BCUT2D eigenvalue weighted by Crippen LogP contribution is -2.35. The van der Waals surface area contributed by atoms with E-state index >= 15 is 0 Å². The highest BCUT2D eigenvalue weighted by Gasteiger charge is 2.17. The van der Waals surface area contributed by atoms with Crippen LogP contribution >= 0.6 is 0 Å². The summed E-state index contributed by atoms with van der Waals surface area (Å²) >= 11 is 0. The number of anilines is 1. The van der Waals surface area contributed by atoms with Crippen LogP contribution in [0.1, 0.15) is 18.4 Å². The topological polar surface area (TPSA) is 74.4 Å². The number of likely N-dealkylation sites (tertiary alicyclic amines) is 1. The molecule has 2 rings (SSSR count). The molecule has 0 amide bonds. The Morgan fingerprint density at radius 1 is 1.50 bits per heavy atom. The predicted octanol–water partition coefficient (Wildman–Crippen LogP) is 0.324. The number of aromatic nitrogens is 1. The van der Waals surface area contributed by atoms with Gasteiger partial charge in [0.1, 0.15) is 5.82 Å². The lowest BCUT2D eigenvalue weighted by Gasteiger charge is -2.29. The van der Waals surface area contributed by atoms with Crippen LogP contribution < -0.4 is 11.3 Å². The zero-order valence-electron chi connectivity index (χ0n) is 9.26. The third-order valence-electron chi connectivity index (χ3n) is 2.98. The summed E-state index contributed by atoms with van der Waals surface area (Å²) in [4.78, 5) is 6.48. The monoisotopic (exact) mass is 222 g/mol. The van der Waals surface area contributed by atoms with Crippen LogP contribution in [0.4, 0.5) is 5.82 Å². The van der Waals surface area contributed by atoms with Gasteiger partial charge >= 0.3 is 0 Å². The van der Waals surface area contributed by atoms with Gasteiger partial charge < -0.3 is 10.5 Å². The molecule has 1 saturated heterocycles. The highest BCUT2D eigenvalue weighted by molar-refractivity contribution is 5.42. The first kappa shape index (κ1) is 11.3. The minimum Gasteiger partial charge on any atom is -0.393 e. The molecule has 0 saturated carbocycles. The van der Waals surface area contributed by atoms with Crippen molar-refractivity contribution >= 4 is 5.82 Å². The summed E-state index contributed by atoms with van der Waals surface area (Å²) in [6, 6.07) is 3.93. The van der Waals surface area contributed by atoms with Crippen molar-refractivity contribution < 1.29 is 5.11 Å². The standard InChI is InChI=1S/C11H18N4O/c12-14-11-9(2-1-5-13-11)8-15-6-3-10(16)4-7-15/h1-2,5,10,16H,3-4,6-8,12H2,(H,13,14). The molecule has 1 aliphatic rings. The maximum atomic E-state index is 9.42. The maximum absolute atomic E-state index is 9.42. The van der Waals surface area contributed by atoms with Gasteiger partial charge in [0.2, 0.25) is 0 Å². The van der Waals surface area contributed by atoms with Crippen LogP contribution in [0.3, 0.4) is 0 Å². The van der Waals surface area contributed by atoms with Crippen LogP contribution in [0, 0.1) is 0 Å². The van der Waals surface area contributed by atoms with Gasteiger partial charge in [0.05, 0.1) is 6.10 Å². The number of pyridine rings is 1. The Kier molecular flexibility index (Phi) is 3.71. The van der Waals surface area contributed by atoms with Crippen LogP contribution in [0.25, 0.3) is 0 Å². The number of aliphatic hydroxyl groups excluding tert-OH is 1. The number of hydrogen-bond acceptors (Lipinski definition) is 5. The van der Waals surface area contributed by atoms with E-state index in [1.54, 1.807) is 6.20 Å². The van der Waals surface area contributed by atoms with Crippen molar-refractivity contribution in [1.29, 1.82) is 0 Å². The zero-order chi connectivity index (χ0) is 11.4. The second kappa shape index (κ2) is 5.25. The maximum Gasteiger partial charge on any atom is 0.144 e. The highest BCUT2D eigenvalue weighted by atomic mass is 16.3. The summed E-state index contributed by atoms with van der Waals surface area (Å²) in [6.45, 7) is 2.69. The second-order valence-electron chi connectivity index (χ2n) is 4.16. The number of nitrogens with one attached hydrogen (secondary N) is 1. The predicted molar refractivity (Wildman–Crippen MR) is 62.6 cm³/mol. The molecule has 0 radical (unpaired) electrons. The van der Waals surface area contributed by atoms with Gasteiger partial charge in [-0.05, 0) is 18.9 Å². The Morgan fingerprint density at radius 2 is 2.25 bits per heavy atom. The first-order chi connectivity index (χ1) is 7.79. The van der Waals surface area contributed by atoms with Crippen LogP contribution in [0.5, 0.6) is 0 Å². The molecule has 1 aromatic rings. The summed E-state index contributed by atoms with van der Waals surface area (Å²) in [5.41, 5.74) is 3.71. The molecule has 1 aliphatic heterocycles. The minimum absolute atomic E-state index is 0.128. The second-order valence-corrected chi connectivity index (χ2v) is 4.16. The molecule has 1 fully saturated rings. The van der Waals surface area contributed by atoms with Crippen LogP contribution in [-0.4, -0.2) is 34.2 Å². The minimum atomic E-state index is -0.128. The third kappa shape index (κ3) is 2.69. The van der Waals surface area contributed by atoms with Crippen molar-refractivity contribution in [2.45, 2.75) is 25.5 Å². The van der Waals surface area contributed by atoms with Gasteiger partial charge in [-0.3, -0.25) is 4.90 Å². The van der Waals surface area contributed by atoms with E-state index in [-0.39, 0.29) is 6.10 Å². The van der Waals surface area contributed by atoms with E-state index in [0.29, 0.717) is 0 Å². The molecule has 4 N–H and O–H groups in total. The summed E-state index contributed by atoms with van der Waals surface area (Å²) in [7, 11) is 0. The lowest BCUT2D eigenvalue weighted by molar-refractivity contribution is 0.0793. The van der Waals surface area contributed by atoms with E-state index < -0.39 is 0 Å². The molecule has 1 aromatic heterocycles. The van der Waals surface area contributed by atoms with E-state index in [1.807, 2.05) is 12.1 Å². The Morgan fingerprint density at radius 3 is 2.94 bits per heavy atom. The molecular weight excluding hydrogens is 204 g/mol. The molecule has 0 bridgehead atoms. The number of rotatable bonds is 3. The zero-order valence-corrected chi connectivity index (χ0v) is 9.26. The normalized spacial score (nSPS) is 18.6. The lowest BCUT2D eigenvalue weighted by atomic mass is 10.1. The largest absolute Gasteiger partial charge is 0.393 e. The van der Waals surface area contributed by atoms with Gasteiger partial charge in [-0.25, -0.2) is 10.8 Å². The number of piperidine rings is 1. The molecule has 0 unspecified atom stereocenters. The van der Waals surface area contributed by atoms with Crippen molar-refractivity contribution in [3.8, 4) is 0 Å². The Bertz CT molecular complexity index is 337. The van der Waals surface area contributed by atoms with Crippen molar-refractivity contribution in [3.05, 3.63) is 23.9 Å². The molecule has 0 aromatic carbocycles. The quantitative estimate of drug-likeness (QED) is 0.507. The number of nitrogens with zero attached hydrogens (tertiary/aromatic N) is 2. The van der Waals surface area contributed by atoms with Gasteiger partial charge in [-0.2, -0.15) is 0 Å². The summed E-state index contributed by atoms with van der Waals surface area (Å²) in [5, 5.41) is 9.42. The smallest absolute Gasteiger partial charge is 0.144 e. The van der Waals surface area contributed by atoms with E-state index in [4.69, 9.17) is 5.84 Å². The number of aliphatic hydroxyl groups is 1. The average molecular weight is 222 g/mol. The highest BCUT2D eigenvalue weighted by Crippen LogP contribution is 2.17. The number of hydrogen-bond donors (Lipinski definition) is 3. The summed E-state index contributed by atoms with van der Waals surface area (Å²) in [6.07, 6.45) is 3.30. The molecule has 88 valence electrons. The Balaban J connectivity index is 1.98. The van der Waals surface area contributed by atoms with Crippen LogP contribution in [0.15, 0.2) is 18.3 Å². The van der Waals surface area contributed by atoms with Gasteiger partial charge in [-0.15, -0.1) is 0 Å². The SMILES string of the molecule is NNc1ncccc1CN1CCC(O)CC1. The van der Waals surface area contributed by atoms with E-state index in [1.165, 1.54) is 0 Å². The first-order valence-electron chi connectivity index (χ1n) is 5.60. The molecule has 0 atom stereocenters. The van der Waals surface area contributed by atoms with Gasteiger partial charge in [0.25, 0.3) is 0 Å². The number of nitrogen functional groups attached to an aromatic ring is 1. The van der Waals surface area contributed by atoms with Crippen LogP contribution in [0.2, 0.25) is 0 Å². The first-order valence-corrected chi connectivity index (χ1v) is 5.60. The van der Waals surface area contributed by atoms with Gasteiger partial charge in [-0.1, -0.05) is 6.07 Å². The third-order valence-corrected chi connectivity index (χ3v) is 2.98. The van der Waals surface area contributed by atoms with E-state index in [2.05, 4.69) is 15.3 Å². The number of nitrogens with two attached hydrogens (primary N) is 1. The molecular formula is C11H18N4O. The Labute approximate surface area is 95.2 Å². The van der Waals surface area contributed by atoms with Gasteiger partial charge in [0.15, 0.2) is 0 Å². The van der Waals surface area contributed by atoms with E-state index in [9.17, 15) is 5.11 Å². The Hall–Kier alpha value is -1.17. The summed E-state index contributed by atoms with van der Waals surface area (Å²) < 4.78 is 0. The fraction of sp³-hybridized carbons (Fsp3) is 0.545. The summed E-state index contributed by atoms with van der Waals surface area (Å²) in [5.74, 6) is 6.14. The molecule has 16 heavy (non-hydrogen) atoms. The van der Waals surface area contributed by atoms with Crippen molar-refractivity contribution in [2.75, 3.05) is 18.5 Å². The van der Waals surface area contributed by atoms with Crippen molar-refractivity contribution in [1.82, 2.24) is 9.88 Å². The molecule has 2 heterocycles. The molecule has 5 heteroatoms. The van der Waals surface area contributed by atoms with Crippen molar-refractivity contribution in [3.63, 3.8) is 0 Å². The number of hydrazine groups is 1. The molecule has 0 spiro atoms.